The number of aliphatic hydroxyl groups excluding tert-OH is 1. The highest BCUT2D eigenvalue weighted by Crippen LogP contribution is 2.30. The van der Waals surface area contributed by atoms with E-state index in [1.165, 1.54) is 6.07 Å². The van der Waals surface area contributed by atoms with Gasteiger partial charge in [0, 0.05) is 30.6 Å². The Hall–Kier alpha value is -1.31. The molecule has 0 amide bonds. The van der Waals surface area contributed by atoms with Crippen molar-refractivity contribution in [2.75, 3.05) is 23.8 Å². The van der Waals surface area contributed by atoms with Crippen molar-refractivity contribution in [3.05, 3.63) is 17.7 Å². The van der Waals surface area contributed by atoms with Gasteiger partial charge < -0.3 is 15.7 Å². The molecule has 114 valence electrons. The van der Waals surface area contributed by atoms with Crippen LogP contribution in [0.2, 0.25) is 0 Å². The number of hydrogen-bond acceptors (Lipinski definition) is 5. The molecule has 0 spiro atoms. The lowest BCUT2D eigenvalue weighted by atomic mass is 10.1. The van der Waals surface area contributed by atoms with Crippen LogP contribution >= 0.6 is 0 Å². The molecule has 0 aliphatic carbocycles. The second-order valence-electron chi connectivity index (χ2n) is 5.07. The predicted octanol–water partition coefficient (Wildman–Crippen LogP) is 0.822. The summed E-state index contributed by atoms with van der Waals surface area (Å²) in [6, 6.07) is 3.26. The van der Waals surface area contributed by atoms with Gasteiger partial charge in [0.1, 0.15) is 0 Å². The Labute approximate surface area is 120 Å². The van der Waals surface area contributed by atoms with Crippen molar-refractivity contribution >= 4 is 21.4 Å². The summed E-state index contributed by atoms with van der Waals surface area (Å²) in [5.41, 5.74) is 7.46. The summed E-state index contributed by atoms with van der Waals surface area (Å²) in [5.74, 6) is 0. The van der Waals surface area contributed by atoms with E-state index in [4.69, 9.17) is 16.0 Å². The average Bonchev–Trinajstić information content (AvgIpc) is 2.31. The second kappa shape index (κ2) is 6.43. The van der Waals surface area contributed by atoms with Crippen molar-refractivity contribution in [3.63, 3.8) is 0 Å². The maximum Gasteiger partial charge on any atom is 0.238 e. The molecule has 7 heteroatoms. The molecule has 1 rings (SSSR count). The summed E-state index contributed by atoms with van der Waals surface area (Å²) in [6.07, 6.45) is 0.594. The number of nitrogens with two attached hydrogens (primary N) is 2. The predicted molar refractivity (Wildman–Crippen MR) is 81.1 cm³/mol. The summed E-state index contributed by atoms with van der Waals surface area (Å²) in [4.78, 5) is 2.05. The Morgan fingerprint density at radius 1 is 1.35 bits per heavy atom. The molecule has 6 nitrogen and oxygen atoms in total. The maximum atomic E-state index is 11.6. The highest BCUT2D eigenvalue weighted by molar-refractivity contribution is 7.89. The van der Waals surface area contributed by atoms with Crippen LogP contribution in [-0.2, 0) is 10.0 Å². The molecular formula is C13H23N3O3S. The number of primary sulfonamides is 1. The second-order valence-corrected chi connectivity index (χ2v) is 6.60. The van der Waals surface area contributed by atoms with Crippen LogP contribution < -0.4 is 15.8 Å². The van der Waals surface area contributed by atoms with Crippen LogP contribution in [0.15, 0.2) is 17.0 Å². The minimum Gasteiger partial charge on any atom is -0.399 e. The minimum absolute atomic E-state index is 0.0437. The topological polar surface area (TPSA) is 110 Å². The summed E-state index contributed by atoms with van der Waals surface area (Å²) >= 11 is 0. The SMILES string of the molecule is Cc1c(N(CCCO)C(C)C)cc(N)cc1S(N)(=O)=O. The summed E-state index contributed by atoms with van der Waals surface area (Å²) in [7, 11) is -3.81. The fraction of sp³-hybridized carbons (Fsp3) is 0.538. The number of benzene rings is 1. The maximum absolute atomic E-state index is 11.6. The first-order valence-electron chi connectivity index (χ1n) is 6.49. The first kappa shape index (κ1) is 16.7. The van der Waals surface area contributed by atoms with Crippen molar-refractivity contribution in [1.29, 1.82) is 0 Å². The van der Waals surface area contributed by atoms with Crippen LogP contribution in [0, 0.1) is 6.92 Å². The lowest BCUT2D eigenvalue weighted by Gasteiger charge is -2.31. The standard InChI is InChI=1S/C13H23N3O3S/c1-9(2)16(5-4-6-17)12-7-11(14)8-13(10(12)3)20(15,18)19/h7-9,17H,4-6,14H2,1-3H3,(H2,15,18,19). The van der Waals surface area contributed by atoms with E-state index in [1.807, 2.05) is 18.7 Å². The quantitative estimate of drug-likeness (QED) is 0.674. The van der Waals surface area contributed by atoms with Crippen molar-refractivity contribution < 1.29 is 13.5 Å². The van der Waals surface area contributed by atoms with Gasteiger partial charge in [0.2, 0.25) is 10.0 Å². The third-order valence-electron chi connectivity index (χ3n) is 3.15. The number of hydrogen-bond donors (Lipinski definition) is 3. The van der Waals surface area contributed by atoms with E-state index >= 15 is 0 Å². The molecule has 0 fully saturated rings. The largest absolute Gasteiger partial charge is 0.399 e. The molecule has 20 heavy (non-hydrogen) atoms. The van der Waals surface area contributed by atoms with Gasteiger partial charge in [-0.15, -0.1) is 0 Å². The zero-order chi connectivity index (χ0) is 15.5. The van der Waals surface area contributed by atoms with E-state index in [0.717, 1.165) is 5.69 Å². The van der Waals surface area contributed by atoms with E-state index in [2.05, 4.69) is 0 Å². The fourth-order valence-electron chi connectivity index (χ4n) is 2.19. The molecule has 0 aromatic heterocycles. The molecule has 5 N–H and O–H groups in total. The first-order chi connectivity index (χ1) is 9.18. The minimum atomic E-state index is -3.81. The Balaban J connectivity index is 3.39. The van der Waals surface area contributed by atoms with Gasteiger partial charge in [0.15, 0.2) is 0 Å². The van der Waals surface area contributed by atoms with E-state index < -0.39 is 10.0 Å². The Bertz CT molecular complexity index is 570. The molecule has 0 aliphatic heterocycles. The van der Waals surface area contributed by atoms with Gasteiger partial charge >= 0.3 is 0 Å². The molecule has 0 radical (unpaired) electrons. The highest BCUT2D eigenvalue weighted by Gasteiger charge is 2.20. The normalized spacial score (nSPS) is 11.9. The monoisotopic (exact) mass is 301 g/mol. The van der Waals surface area contributed by atoms with Crippen molar-refractivity contribution in [1.82, 2.24) is 0 Å². The molecule has 1 aromatic rings. The summed E-state index contributed by atoms with van der Waals surface area (Å²) in [6.45, 7) is 6.39. The number of anilines is 2. The van der Waals surface area contributed by atoms with Crippen molar-refractivity contribution in [2.45, 2.75) is 38.1 Å². The van der Waals surface area contributed by atoms with Crippen LogP contribution in [0.1, 0.15) is 25.8 Å². The first-order valence-corrected chi connectivity index (χ1v) is 8.03. The van der Waals surface area contributed by atoms with Gasteiger partial charge in [-0.25, -0.2) is 13.6 Å². The fourth-order valence-corrected chi connectivity index (χ4v) is 3.02. The molecule has 0 unspecified atom stereocenters. The smallest absolute Gasteiger partial charge is 0.238 e. The number of nitrogens with zero attached hydrogens (tertiary/aromatic N) is 1. The number of sulfonamides is 1. The van der Waals surface area contributed by atoms with E-state index in [9.17, 15) is 8.42 Å². The van der Waals surface area contributed by atoms with Crippen molar-refractivity contribution in [3.8, 4) is 0 Å². The highest BCUT2D eigenvalue weighted by atomic mass is 32.2. The molecule has 0 atom stereocenters. The van der Waals surface area contributed by atoms with Gasteiger partial charge in [-0.1, -0.05) is 0 Å². The Morgan fingerprint density at radius 3 is 2.40 bits per heavy atom. The van der Waals surface area contributed by atoms with Crippen LogP contribution in [0.4, 0.5) is 11.4 Å². The molecule has 0 bridgehead atoms. The molecular weight excluding hydrogens is 278 g/mol. The third-order valence-corrected chi connectivity index (χ3v) is 4.19. The molecule has 0 saturated heterocycles. The van der Waals surface area contributed by atoms with Crippen molar-refractivity contribution in [2.24, 2.45) is 5.14 Å². The van der Waals surface area contributed by atoms with Gasteiger partial charge in [-0.05, 0) is 44.9 Å². The Morgan fingerprint density at radius 2 is 1.95 bits per heavy atom. The van der Waals surface area contributed by atoms with Gasteiger partial charge in [0.25, 0.3) is 0 Å². The number of aliphatic hydroxyl groups is 1. The van der Waals surface area contributed by atoms with Gasteiger partial charge in [-0.3, -0.25) is 0 Å². The third kappa shape index (κ3) is 3.84. The molecule has 1 aromatic carbocycles. The van der Waals surface area contributed by atoms with Gasteiger partial charge in [-0.2, -0.15) is 0 Å². The average molecular weight is 301 g/mol. The molecule has 0 saturated carbocycles. The Kier molecular flexibility index (Phi) is 5.38. The van der Waals surface area contributed by atoms with Gasteiger partial charge in [0.05, 0.1) is 4.90 Å². The lowest BCUT2D eigenvalue weighted by molar-refractivity contribution is 0.288. The molecule has 0 heterocycles. The van der Waals surface area contributed by atoms with Crippen LogP contribution in [0.5, 0.6) is 0 Å². The van der Waals surface area contributed by atoms with E-state index in [1.54, 1.807) is 13.0 Å². The summed E-state index contributed by atoms with van der Waals surface area (Å²) in [5, 5.41) is 14.2. The lowest BCUT2D eigenvalue weighted by Crippen LogP contribution is -2.33. The molecule has 0 aliphatic rings. The zero-order valence-electron chi connectivity index (χ0n) is 12.1. The van der Waals surface area contributed by atoms with Crippen LogP contribution in [-0.4, -0.2) is 32.7 Å². The van der Waals surface area contributed by atoms with Crippen LogP contribution in [0.25, 0.3) is 0 Å². The van der Waals surface area contributed by atoms with Crippen LogP contribution in [0.3, 0.4) is 0 Å². The number of rotatable bonds is 6. The summed E-state index contributed by atoms with van der Waals surface area (Å²) < 4.78 is 23.3. The van der Waals surface area contributed by atoms with E-state index in [-0.39, 0.29) is 17.5 Å². The van der Waals surface area contributed by atoms with E-state index in [0.29, 0.717) is 24.2 Å². The number of nitrogen functional groups attached to an aromatic ring is 1. The zero-order valence-corrected chi connectivity index (χ0v) is 12.9.